The predicted molar refractivity (Wildman–Crippen MR) is 112 cm³/mol. The van der Waals surface area contributed by atoms with Gasteiger partial charge in [-0.2, -0.15) is 4.31 Å². The Morgan fingerprint density at radius 2 is 1.54 bits per heavy atom. The van der Waals surface area contributed by atoms with Crippen molar-refractivity contribution in [2.75, 3.05) is 13.1 Å². The van der Waals surface area contributed by atoms with Crippen molar-refractivity contribution in [3.63, 3.8) is 0 Å². The van der Waals surface area contributed by atoms with Crippen LogP contribution in [0.25, 0.3) is 0 Å². The van der Waals surface area contributed by atoms with Gasteiger partial charge in [0.2, 0.25) is 10.0 Å². The maximum atomic E-state index is 13.5. The lowest BCUT2D eigenvalue weighted by Crippen LogP contribution is -2.44. The number of hydrogen-bond donors (Lipinski definition) is 0. The predicted octanol–water partition coefficient (Wildman–Crippen LogP) is 4.21. The standard InChI is InChI=1S/C22H34N2O3S/c1-5-23(6-2)28(26,27)20-14-9-17(4)21(15-20)22(25)24(19-12-13-19)18-10-7-16(3)8-11-18/h9,14-16,18-19H,5-8,10-13H2,1-4H3. The van der Waals surface area contributed by atoms with Crippen molar-refractivity contribution in [2.24, 2.45) is 5.92 Å². The SMILES string of the molecule is CCN(CC)S(=O)(=O)c1ccc(C)c(C(=O)N(C2CCC(C)CC2)C2CC2)c1. The second-order valence-corrected chi connectivity index (χ2v) is 10.4. The average molecular weight is 407 g/mol. The molecule has 0 saturated heterocycles. The third-order valence-corrected chi connectivity index (χ3v) is 8.38. The van der Waals surface area contributed by atoms with E-state index >= 15 is 0 Å². The molecular weight excluding hydrogens is 372 g/mol. The molecular formula is C22H34N2O3S. The van der Waals surface area contributed by atoms with Crippen LogP contribution in [0, 0.1) is 12.8 Å². The third-order valence-electron chi connectivity index (χ3n) is 6.34. The van der Waals surface area contributed by atoms with Crippen molar-refractivity contribution in [1.29, 1.82) is 0 Å². The Morgan fingerprint density at radius 1 is 1.00 bits per heavy atom. The summed E-state index contributed by atoms with van der Waals surface area (Å²) in [7, 11) is -3.57. The number of benzene rings is 1. The summed E-state index contributed by atoms with van der Waals surface area (Å²) in [6, 6.07) is 5.62. The summed E-state index contributed by atoms with van der Waals surface area (Å²) in [6.07, 6.45) is 6.56. The molecule has 2 saturated carbocycles. The number of hydrogen-bond acceptors (Lipinski definition) is 3. The minimum absolute atomic E-state index is 0.0103. The quantitative estimate of drug-likeness (QED) is 0.681. The summed E-state index contributed by atoms with van der Waals surface area (Å²) in [5.74, 6) is 0.743. The highest BCUT2D eigenvalue weighted by Crippen LogP contribution is 2.37. The number of amides is 1. The molecule has 156 valence electrons. The highest BCUT2D eigenvalue weighted by Gasteiger charge is 2.39. The minimum atomic E-state index is -3.57. The Bertz CT molecular complexity index is 805. The van der Waals surface area contributed by atoms with Gasteiger partial charge in [-0.3, -0.25) is 4.79 Å². The van der Waals surface area contributed by atoms with Gasteiger partial charge in [-0.15, -0.1) is 0 Å². The lowest BCUT2D eigenvalue weighted by molar-refractivity contribution is 0.0592. The van der Waals surface area contributed by atoms with Crippen LogP contribution in [0.15, 0.2) is 23.1 Å². The third kappa shape index (κ3) is 4.28. The number of aryl methyl sites for hydroxylation is 1. The van der Waals surface area contributed by atoms with Crippen LogP contribution >= 0.6 is 0 Å². The average Bonchev–Trinajstić information content (AvgIpc) is 3.49. The van der Waals surface area contributed by atoms with Crippen LogP contribution < -0.4 is 0 Å². The summed E-state index contributed by atoms with van der Waals surface area (Å²) >= 11 is 0. The maximum absolute atomic E-state index is 13.5. The molecule has 0 atom stereocenters. The highest BCUT2D eigenvalue weighted by atomic mass is 32.2. The molecule has 2 fully saturated rings. The Balaban J connectivity index is 1.92. The smallest absolute Gasteiger partial charge is 0.254 e. The van der Waals surface area contributed by atoms with E-state index in [4.69, 9.17) is 0 Å². The van der Waals surface area contributed by atoms with Gasteiger partial charge in [0.15, 0.2) is 0 Å². The van der Waals surface area contributed by atoms with Gasteiger partial charge < -0.3 is 4.90 Å². The largest absolute Gasteiger partial charge is 0.333 e. The van der Waals surface area contributed by atoms with E-state index in [0.717, 1.165) is 50.0 Å². The van der Waals surface area contributed by atoms with Crippen molar-refractivity contribution in [3.8, 4) is 0 Å². The van der Waals surface area contributed by atoms with Gasteiger partial charge in [-0.25, -0.2) is 8.42 Å². The fourth-order valence-corrected chi connectivity index (χ4v) is 5.83. The van der Waals surface area contributed by atoms with Crippen molar-refractivity contribution >= 4 is 15.9 Å². The second-order valence-electron chi connectivity index (χ2n) is 8.42. The van der Waals surface area contributed by atoms with E-state index in [1.165, 1.54) is 4.31 Å². The van der Waals surface area contributed by atoms with Gasteiger partial charge in [0.05, 0.1) is 4.90 Å². The van der Waals surface area contributed by atoms with E-state index in [1.54, 1.807) is 18.2 Å². The molecule has 28 heavy (non-hydrogen) atoms. The van der Waals surface area contributed by atoms with E-state index < -0.39 is 10.0 Å². The molecule has 0 spiro atoms. The molecule has 2 aliphatic carbocycles. The van der Waals surface area contributed by atoms with Crippen LogP contribution in [0.4, 0.5) is 0 Å². The number of nitrogens with zero attached hydrogens (tertiary/aromatic N) is 2. The normalized spacial score (nSPS) is 23.0. The molecule has 0 unspecified atom stereocenters. The molecule has 5 nitrogen and oxygen atoms in total. The molecule has 0 N–H and O–H groups in total. The van der Waals surface area contributed by atoms with E-state index in [1.807, 2.05) is 20.8 Å². The molecule has 0 aliphatic heterocycles. The second kappa shape index (κ2) is 8.54. The molecule has 3 rings (SSSR count). The molecule has 2 aliphatic rings. The molecule has 0 heterocycles. The molecule has 0 aromatic heterocycles. The Hall–Kier alpha value is -1.40. The van der Waals surface area contributed by atoms with Crippen LogP contribution in [-0.4, -0.2) is 48.7 Å². The van der Waals surface area contributed by atoms with E-state index in [-0.39, 0.29) is 10.8 Å². The van der Waals surface area contributed by atoms with Gasteiger partial charge in [-0.1, -0.05) is 26.8 Å². The van der Waals surface area contributed by atoms with Crippen LogP contribution in [0.1, 0.15) is 75.2 Å². The van der Waals surface area contributed by atoms with Crippen molar-refractivity contribution in [1.82, 2.24) is 9.21 Å². The highest BCUT2D eigenvalue weighted by molar-refractivity contribution is 7.89. The Labute approximate surface area is 170 Å². The zero-order valence-electron chi connectivity index (χ0n) is 17.6. The van der Waals surface area contributed by atoms with Gasteiger partial charge in [0.1, 0.15) is 0 Å². The first kappa shape index (κ1) is 21.3. The zero-order valence-corrected chi connectivity index (χ0v) is 18.5. The molecule has 1 aromatic rings. The van der Waals surface area contributed by atoms with Gasteiger partial charge in [0.25, 0.3) is 5.91 Å². The van der Waals surface area contributed by atoms with E-state index in [9.17, 15) is 13.2 Å². The lowest BCUT2D eigenvalue weighted by atomic mass is 9.86. The maximum Gasteiger partial charge on any atom is 0.254 e. The summed E-state index contributed by atoms with van der Waals surface area (Å²) < 4.78 is 27.3. The summed E-state index contributed by atoms with van der Waals surface area (Å²) in [5, 5.41) is 0. The van der Waals surface area contributed by atoms with Gasteiger partial charge in [-0.05, 0) is 69.1 Å². The van der Waals surface area contributed by atoms with Crippen LogP contribution in [-0.2, 0) is 10.0 Å². The van der Waals surface area contributed by atoms with E-state index in [2.05, 4.69) is 11.8 Å². The Morgan fingerprint density at radius 3 is 2.04 bits per heavy atom. The summed E-state index contributed by atoms with van der Waals surface area (Å²) in [4.78, 5) is 15.8. The first-order valence-electron chi connectivity index (χ1n) is 10.7. The molecule has 6 heteroatoms. The first-order chi connectivity index (χ1) is 13.3. The number of sulfonamides is 1. The Kier molecular flexibility index (Phi) is 6.50. The lowest BCUT2D eigenvalue weighted by Gasteiger charge is -2.37. The van der Waals surface area contributed by atoms with Crippen molar-refractivity contribution in [3.05, 3.63) is 29.3 Å². The molecule has 1 aromatic carbocycles. The topological polar surface area (TPSA) is 57.7 Å². The van der Waals surface area contributed by atoms with Crippen LogP contribution in [0.3, 0.4) is 0 Å². The summed E-state index contributed by atoms with van der Waals surface area (Å²) in [5.41, 5.74) is 1.39. The number of carbonyl (C=O) groups is 1. The monoisotopic (exact) mass is 406 g/mol. The molecule has 0 bridgehead atoms. The minimum Gasteiger partial charge on any atom is -0.333 e. The molecule has 0 radical (unpaired) electrons. The van der Waals surface area contributed by atoms with Crippen molar-refractivity contribution < 1.29 is 13.2 Å². The molecule has 1 amide bonds. The fourth-order valence-electron chi connectivity index (χ4n) is 4.35. The summed E-state index contributed by atoms with van der Waals surface area (Å²) in [6.45, 7) is 8.69. The number of rotatable bonds is 7. The fraction of sp³-hybridized carbons (Fsp3) is 0.682. The first-order valence-corrected chi connectivity index (χ1v) is 12.2. The van der Waals surface area contributed by atoms with E-state index in [0.29, 0.717) is 30.7 Å². The van der Waals surface area contributed by atoms with Crippen molar-refractivity contribution in [2.45, 2.75) is 83.2 Å². The van der Waals surface area contributed by atoms with Gasteiger partial charge >= 0.3 is 0 Å². The van der Waals surface area contributed by atoms with Crippen LogP contribution in [0.2, 0.25) is 0 Å². The van der Waals surface area contributed by atoms with Gasteiger partial charge in [0, 0.05) is 30.7 Å². The zero-order chi connectivity index (χ0) is 20.5. The van der Waals surface area contributed by atoms with Crippen LogP contribution in [0.5, 0.6) is 0 Å². The number of carbonyl (C=O) groups excluding carboxylic acids is 1.